The molecule has 0 fully saturated rings. The van der Waals surface area contributed by atoms with Gasteiger partial charge in [-0.25, -0.2) is 0 Å². The number of carbonyl (C=O) groups excluding carboxylic acids is 3. The molecule has 9 nitrogen and oxygen atoms in total. The summed E-state index contributed by atoms with van der Waals surface area (Å²) >= 11 is 0. The minimum Gasteiger partial charge on any atom is -0.854 e. The van der Waals surface area contributed by atoms with Crippen molar-refractivity contribution >= 4 is 24.1 Å². The molecule has 0 saturated heterocycles. The molecule has 2 aromatic heterocycles. The highest BCUT2D eigenvalue weighted by molar-refractivity contribution is 5.99. The summed E-state index contributed by atoms with van der Waals surface area (Å²) in [5.74, 6) is -1.94. The zero-order chi connectivity index (χ0) is 25.0. The maximum absolute atomic E-state index is 11.8. The van der Waals surface area contributed by atoms with Gasteiger partial charge in [0, 0.05) is 35.4 Å². The van der Waals surface area contributed by atoms with Gasteiger partial charge < -0.3 is 15.0 Å². The van der Waals surface area contributed by atoms with Crippen LogP contribution in [0.15, 0.2) is 115 Å². The largest absolute Gasteiger partial charge is 0.854 e. The van der Waals surface area contributed by atoms with Crippen LogP contribution in [-0.4, -0.2) is 24.1 Å². The molecule has 174 valence electrons. The van der Waals surface area contributed by atoms with Gasteiger partial charge in [0.2, 0.25) is 12.4 Å². The standard InChI is InChI=1S/C13H10N2O3.C13H10N2O2/c16-12(14-15-8-2-1-3-9-15)10-4-6-11(7-5-10)13(17)18;16-10-11-4-6-12(7-5-11)13(17)14-15-8-2-1-3-9-15/h1-9H,(H-,14,16,17,18);1-10H. The maximum Gasteiger partial charge on any atom is 0.305 e. The third-order valence-corrected chi connectivity index (χ3v) is 4.53. The fourth-order valence-electron chi connectivity index (χ4n) is 2.74. The molecule has 9 heteroatoms. The van der Waals surface area contributed by atoms with Crippen molar-refractivity contribution in [1.82, 2.24) is 0 Å². The number of pyridine rings is 2. The summed E-state index contributed by atoms with van der Waals surface area (Å²) in [5.41, 5.74) is 4.02. The van der Waals surface area contributed by atoms with Crippen LogP contribution in [-0.2, 0) is 0 Å². The number of benzene rings is 2. The number of aromatic carboxylic acids is 1. The molecule has 35 heavy (non-hydrogen) atoms. The van der Waals surface area contributed by atoms with E-state index in [0.717, 1.165) is 6.29 Å². The van der Waals surface area contributed by atoms with E-state index in [2.05, 4.69) is 10.5 Å². The van der Waals surface area contributed by atoms with Crippen molar-refractivity contribution in [2.45, 2.75) is 0 Å². The lowest BCUT2D eigenvalue weighted by molar-refractivity contribution is -0.681. The number of rotatable bonds is 6. The van der Waals surface area contributed by atoms with Gasteiger partial charge in [0.1, 0.15) is 6.29 Å². The Morgan fingerprint density at radius 2 is 1.23 bits per heavy atom. The maximum atomic E-state index is 11.8. The van der Waals surface area contributed by atoms with Gasteiger partial charge in [-0.15, -0.1) is 5.43 Å². The molecule has 0 saturated carbocycles. The average Bonchev–Trinajstić information content (AvgIpc) is 2.90. The Morgan fingerprint density at radius 1 is 0.714 bits per heavy atom. The first-order valence-corrected chi connectivity index (χ1v) is 10.3. The van der Waals surface area contributed by atoms with Gasteiger partial charge in [0.05, 0.1) is 11.9 Å². The Bertz CT molecular complexity index is 1310. The summed E-state index contributed by atoms with van der Waals surface area (Å²) in [7, 11) is 0. The van der Waals surface area contributed by atoms with Crippen LogP contribution in [0.2, 0.25) is 0 Å². The lowest BCUT2D eigenvalue weighted by Crippen LogP contribution is -2.47. The van der Waals surface area contributed by atoms with Crippen molar-refractivity contribution in [3.8, 4) is 0 Å². The first kappa shape index (κ1) is 24.5. The zero-order valence-corrected chi connectivity index (χ0v) is 18.4. The minimum atomic E-state index is -1.26. The van der Waals surface area contributed by atoms with Crippen LogP contribution >= 0.6 is 0 Å². The molecule has 0 unspecified atom stereocenters. The number of amides is 1. The average molecular weight is 468 g/mol. The van der Waals surface area contributed by atoms with E-state index in [4.69, 9.17) is 0 Å². The quantitative estimate of drug-likeness (QED) is 0.185. The number of hydrogen-bond donors (Lipinski definition) is 1. The van der Waals surface area contributed by atoms with Gasteiger partial charge in [0.15, 0.2) is 12.4 Å². The van der Waals surface area contributed by atoms with Gasteiger partial charge in [-0.3, -0.25) is 9.59 Å². The van der Waals surface area contributed by atoms with Crippen LogP contribution < -0.4 is 25.0 Å². The molecule has 0 radical (unpaired) electrons. The topological polar surface area (TPSA) is 129 Å². The molecule has 0 bridgehead atoms. The lowest BCUT2D eigenvalue weighted by atomic mass is 10.1. The second-order valence-electron chi connectivity index (χ2n) is 6.99. The third-order valence-electron chi connectivity index (χ3n) is 4.53. The van der Waals surface area contributed by atoms with E-state index in [-0.39, 0.29) is 17.4 Å². The van der Waals surface area contributed by atoms with Gasteiger partial charge in [-0.1, -0.05) is 57.9 Å². The summed E-state index contributed by atoms with van der Waals surface area (Å²) in [6, 6.07) is 22.7. The number of aromatic nitrogens is 2. The number of nitrogens with one attached hydrogen (secondary N) is 1. The van der Waals surface area contributed by atoms with Crippen molar-refractivity contribution in [3.05, 3.63) is 132 Å². The predicted molar refractivity (Wildman–Crippen MR) is 122 cm³/mol. The van der Waals surface area contributed by atoms with Gasteiger partial charge in [-0.05, 0) is 28.4 Å². The molecular weight excluding hydrogens is 448 g/mol. The highest BCUT2D eigenvalue weighted by atomic mass is 16.4. The molecule has 1 amide bonds. The van der Waals surface area contributed by atoms with E-state index in [0.29, 0.717) is 16.7 Å². The number of aldehydes is 1. The van der Waals surface area contributed by atoms with Crippen LogP contribution in [0, 0.1) is 0 Å². The van der Waals surface area contributed by atoms with Gasteiger partial charge in [-0.2, -0.15) is 0 Å². The zero-order valence-electron chi connectivity index (χ0n) is 18.4. The monoisotopic (exact) mass is 468 g/mol. The third kappa shape index (κ3) is 7.43. The van der Waals surface area contributed by atoms with Crippen molar-refractivity contribution in [2.75, 3.05) is 5.43 Å². The van der Waals surface area contributed by atoms with E-state index < -0.39 is 5.97 Å². The van der Waals surface area contributed by atoms with Gasteiger partial charge in [0.25, 0.3) is 0 Å². The molecular formula is C26H20N4O5. The summed E-state index contributed by atoms with van der Waals surface area (Å²) in [6.45, 7) is 0. The second-order valence-corrected chi connectivity index (χ2v) is 6.99. The number of carbonyl (C=O) groups is 3. The number of nitrogens with zero attached hydrogens (tertiary/aromatic N) is 3. The molecule has 0 aliphatic heterocycles. The molecule has 2 aromatic carbocycles. The van der Waals surface area contributed by atoms with E-state index >= 15 is 0 Å². The van der Waals surface area contributed by atoms with Crippen molar-refractivity contribution in [3.63, 3.8) is 0 Å². The molecule has 0 spiro atoms. The second kappa shape index (κ2) is 12.2. The molecule has 0 aliphatic rings. The predicted octanol–water partition coefficient (Wildman–Crippen LogP) is 0.0783. The Hall–Kier alpha value is -5.18. The minimum absolute atomic E-state index is 0.0407. The van der Waals surface area contributed by atoms with Crippen molar-refractivity contribution in [1.29, 1.82) is 0 Å². The van der Waals surface area contributed by atoms with E-state index in [1.165, 1.54) is 33.6 Å². The number of hydrogen-bond acceptors (Lipinski definition) is 6. The summed E-state index contributed by atoms with van der Waals surface area (Å²) < 4.78 is 2.95. The molecule has 0 atom stereocenters. The SMILES string of the molecule is O=C([O-])c1ccc(C(=O)N[n+]2ccccc2)cc1.O=Cc1ccc(C([O-])=N[n+]2ccccc2)cc1. The molecule has 2 heterocycles. The lowest BCUT2D eigenvalue weighted by Gasteiger charge is -2.06. The Labute approximate surface area is 200 Å². The van der Waals surface area contributed by atoms with E-state index in [1.54, 1.807) is 73.3 Å². The summed E-state index contributed by atoms with van der Waals surface area (Å²) in [4.78, 5) is 32.8. The van der Waals surface area contributed by atoms with Crippen LogP contribution in [0.25, 0.3) is 0 Å². The van der Waals surface area contributed by atoms with Crippen LogP contribution in [0.1, 0.15) is 36.6 Å². The highest BCUT2D eigenvalue weighted by Gasteiger charge is 2.09. The van der Waals surface area contributed by atoms with E-state index in [1.807, 2.05) is 12.1 Å². The summed E-state index contributed by atoms with van der Waals surface area (Å²) in [5, 5.41) is 26.2. The number of carboxylic acids is 1. The van der Waals surface area contributed by atoms with Crippen molar-refractivity contribution < 1.29 is 33.9 Å². The highest BCUT2D eigenvalue weighted by Crippen LogP contribution is 2.03. The Balaban J connectivity index is 0.000000196. The Kier molecular flexibility index (Phi) is 8.50. The fourth-order valence-corrected chi connectivity index (χ4v) is 2.74. The molecule has 4 rings (SSSR count). The van der Waals surface area contributed by atoms with Crippen LogP contribution in [0.4, 0.5) is 0 Å². The first-order valence-electron chi connectivity index (χ1n) is 10.3. The van der Waals surface area contributed by atoms with Crippen LogP contribution in [0.5, 0.6) is 0 Å². The number of carboxylic acid groups (broad SMARTS) is 1. The molecule has 4 aromatic rings. The summed E-state index contributed by atoms with van der Waals surface area (Å²) in [6.07, 6.45) is 7.47. The van der Waals surface area contributed by atoms with Crippen LogP contribution in [0.3, 0.4) is 0 Å². The fraction of sp³-hybridized carbons (Fsp3) is 0. The Morgan fingerprint density at radius 3 is 1.77 bits per heavy atom. The van der Waals surface area contributed by atoms with Gasteiger partial charge >= 0.3 is 5.91 Å². The normalized spacial score (nSPS) is 10.5. The van der Waals surface area contributed by atoms with Crippen molar-refractivity contribution in [2.24, 2.45) is 5.10 Å². The molecule has 0 aliphatic carbocycles. The van der Waals surface area contributed by atoms with E-state index in [9.17, 15) is 24.6 Å². The molecule has 1 N–H and O–H groups in total. The smallest absolute Gasteiger partial charge is 0.305 e. The first-order chi connectivity index (χ1) is 17.0.